The van der Waals surface area contributed by atoms with Gasteiger partial charge in [-0.05, 0) is 81.5 Å². The summed E-state index contributed by atoms with van der Waals surface area (Å²) in [5, 5.41) is 3.01. The van der Waals surface area contributed by atoms with Crippen LogP contribution >= 0.6 is 11.6 Å². The normalized spacial score (nSPS) is 20.7. The molecule has 3 heterocycles. The van der Waals surface area contributed by atoms with Crippen LogP contribution in [-0.4, -0.2) is 84.3 Å². The Morgan fingerprint density at radius 1 is 0.864 bits per heavy atom. The fourth-order valence-electron chi connectivity index (χ4n) is 6.06. The predicted molar refractivity (Wildman–Crippen MR) is 166 cm³/mol. The summed E-state index contributed by atoms with van der Waals surface area (Å²) >= 11 is 6.00. The highest BCUT2D eigenvalue weighted by atomic mass is 35.5. The molecule has 3 aliphatic heterocycles. The van der Waals surface area contributed by atoms with Crippen LogP contribution in [0.3, 0.4) is 0 Å². The van der Waals surface area contributed by atoms with E-state index in [2.05, 4.69) is 17.4 Å². The van der Waals surface area contributed by atoms with Crippen molar-refractivity contribution in [3.63, 3.8) is 0 Å². The van der Waals surface area contributed by atoms with Gasteiger partial charge in [0.2, 0.25) is 17.7 Å². The molecule has 0 aliphatic carbocycles. The fraction of sp³-hybridized carbons (Fsp3) is 0.515. The number of amides is 4. The number of rotatable bonds is 5. The van der Waals surface area contributed by atoms with Crippen molar-refractivity contribution in [2.24, 2.45) is 11.8 Å². The van der Waals surface area contributed by atoms with Crippen LogP contribution in [0.4, 0.5) is 9.18 Å². The molecule has 0 radical (unpaired) electrons. The molecule has 3 saturated heterocycles. The number of hydrogen-bond acceptors (Lipinski definition) is 5. The molecule has 3 fully saturated rings. The molecule has 238 valence electrons. The zero-order valence-electron chi connectivity index (χ0n) is 25.6. The van der Waals surface area contributed by atoms with Crippen LogP contribution < -0.4 is 10.1 Å². The molecular formula is C33H42ClFN4O5. The van der Waals surface area contributed by atoms with Crippen molar-refractivity contribution in [2.75, 3.05) is 39.8 Å². The van der Waals surface area contributed by atoms with Crippen LogP contribution in [0, 0.1) is 17.7 Å². The van der Waals surface area contributed by atoms with E-state index in [9.17, 15) is 23.6 Å². The SMILES string of the molecule is CC(C)N1CC(C(=O)N2CCC(C(=O)N3CC[C@H](c4ccc(Cl)cc4)C3)CC2)CCC1=O.CNC(=O)Oc1ccc(F)cc1. The van der Waals surface area contributed by atoms with Crippen LogP contribution in [0.1, 0.15) is 57.4 Å². The van der Waals surface area contributed by atoms with E-state index < -0.39 is 6.09 Å². The van der Waals surface area contributed by atoms with Gasteiger partial charge < -0.3 is 24.8 Å². The predicted octanol–water partition coefficient (Wildman–Crippen LogP) is 5.09. The first kappa shape index (κ1) is 33.2. The summed E-state index contributed by atoms with van der Waals surface area (Å²) in [5.74, 6) is 0.756. The van der Waals surface area contributed by atoms with Crippen LogP contribution in [0.25, 0.3) is 0 Å². The average Bonchev–Trinajstić information content (AvgIpc) is 3.53. The minimum atomic E-state index is -0.568. The number of piperidine rings is 2. The van der Waals surface area contributed by atoms with E-state index in [1.165, 1.54) is 36.9 Å². The van der Waals surface area contributed by atoms with Gasteiger partial charge in [0.25, 0.3) is 0 Å². The minimum Gasteiger partial charge on any atom is -0.410 e. The molecule has 0 aromatic heterocycles. The first-order valence-electron chi connectivity index (χ1n) is 15.3. The Kier molecular flexibility index (Phi) is 11.6. The van der Waals surface area contributed by atoms with Gasteiger partial charge in [-0.2, -0.15) is 0 Å². The van der Waals surface area contributed by atoms with E-state index in [1.807, 2.05) is 40.7 Å². The van der Waals surface area contributed by atoms with E-state index in [1.54, 1.807) is 0 Å². The van der Waals surface area contributed by atoms with Gasteiger partial charge in [-0.3, -0.25) is 14.4 Å². The molecule has 0 spiro atoms. The lowest BCUT2D eigenvalue weighted by Crippen LogP contribution is -2.51. The van der Waals surface area contributed by atoms with E-state index in [0.29, 0.717) is 44.1 Å². The number of likely N-dealkylation sites (tertiary alicyclic amines) is 3. The van der Waals surface area contributed by atoms with Gasteiger partial charge in [-0.15, -0.1) is 0 Å². The summed E-state index contributed by atoms with van der Waals surface area (Å²) in [5.41, 5.74) is 1.24. The zero-order chi connectivity index (χ0) is 31.8. The van der Waals surface area contributed by atoms with Crippen molar-refractivity contribution in [1.29, 1.82) is 0 Å². The second-order valence-corrected chi connectivity index (χ2v) is 12.3. The van der Waals surface area contributed by atoms with Crippen LogP contribution in [0.15, 0.2) is 48.5 Å². The monoisotopic (exact) mass is 628 g/mol. The van der Waals surface area contributed by atoms with Crippen molar-refractivity contribution in [2.45, 2.75) is 57.9 Å². The lowest BCUT2D eigenvalue weighted by atomic mass is 9.91. The summed E-state index contributed by atoms with van der Waals surface area (Å²) in [4.78, 5) is 54.7. The summed E-state index contributed by atoms with van der Waals surface area (Å²) in [6.07, 6.45) is 2.96. The number of carbonyl (C=O) groups excluding carboxylic acids is 4. The summed E-state index contributed by atoms with van der Waals surface area (Å²) < 4.78 is 17.1. The summed E-state index contributed by atoms with van der Waals surface area (Å²) in [6.45, 7) is 7.35. The smallest absolute Gasteiger partial charge is 0.410 e. The maximum atomic E-state index is 13.1. The lowest BCUT2D eigenvalue weighted by Gasteiger charge is -2.39. The van der Waals surface area contributed by atoms with Crippen LogP contribution in [0.5, 0.6) is 5.75 Å². The number of benzene rings is 2. The fourth-order valence-corrected chi connectivity index (χ4v) is 6.19. The molecule has 5 rings (SSSR count). The maximum Gasteiger partial charge on any atom is 0.412 e. The number of ether oxygens (including phenoxy) is 1. The highest BCUT2D eigenvalue weighted by Crippen LogP contribution is 2.31. The molecule has 4 amide bonds. The van der Waals surface area contributed by atoms with Crippen molar-refractivity contribution in [1.82, 2.24) is 20.0 Å². The van der Waals surface area contributed by atoms with Gasteiger partial charge in [0.1, 0.15) is 11.6 Å². The number of halogens is 2. The Morgan fingerprint density at radius 3 is 2.09 bits per heavy atom. The third kappa shape index (κ3) is 8.71. The van der Waals surface area contributed by atoms with Gasteiger partial charge >= 0.3 is 6.09 Å². The van der Waals surface area contributed by atoms with Gasteiger partial charge in [0, 0.05) is 69.1 Å². The molecule has 2 aromatic rings. The second-order valence-electron chi connectivity index (χ2n) is 11.9. The number of nitrogens with zero attached hydrogens (tertiary/aromatic N) is 3. The topological polar surface area (TPSA) is 99.3 Å². The number of nitrogens with one attached hydrogen (secondary N) is 1. The second kappa shape index (κ2) is 15.4. The summed E-state index contributed by atoms with van der Waals surface area (Å²) in [7, 11) is 1.45. The quantitative estimate of drug-likeness (QED) is 0.498. The molecule has 2 atom stereocenters. The first-order chi connectivity index (χ1) is 21.0. The van der Waals surface area contributed by atoms with Crippen LogP contribution in [-0.2, 0) is 14.4 Å². The van der Waals surface area contributed by atoms with Crippen LogP contribution in [0.2, 0.25) is 5.02 Å². The Morgan fingerprint density at radius 2 is 1.48 bits per heavy atom. The van der Waals surface area contributed by atoms with Crippen molar-refractivity contribution in [3.8, 4) is 5.75 Å². The largest absolute Gasteiger partial charge is 0.412 e. The molecule has 0 bridgehead atoms. The highest BCUT2D eigenvalue weighted by Gasteiger charge is 2.37. The number of carbonyl (C=O) groups is 4. The first-order valence-corrected chi connectivity index (χ1v) is 15.7. The van der Waals surface area contributed by atoms with E-state index in [-0.39, 0.29) is 41.4 Å². The van der Waals surface area contributed by atoms with Crippen molar-refractivity contribution in [3.05, 3.63) is 64.9 Å². The Labute approximate surface area is 263 Å². The molecule has 11 heteroatoms. The van der Waals surface area contributed by atoms with Crippen molar-refractivity contribution < 1.29 is 28.3 Å². The molecule has 1 unspecified atom stereocenters. The third-order valence-electron chi connectivity index (χ3n) is 8.64. The molecule has 2 aromatic carbocycles. The minimum absolute atomic E-state index is 0.00288. The Bertz CT molecular complexity index is 1300. The zero-order valence-corrected chi connectivity index (χ0v) is 26.4. The van der Waals surface area contributed by atoms with Gasteiger partial charge in [-0.25, -0.2) is 9.18 Å². The maximum absolute atomic E-state index is 13.1. The highest BCUT2D eigenvalue weighted by molar-refractivity contribution is 6.30. The Hall–Kier alpha value is -3.66. The van der Waals surface area contributed by atoms with Gasteiger partial charge in [0.05, 0.1) is 5.92 Å². The average molecular weight is 629 g/mol. The molecular weight excluding hydrogens is 587 g/mol. The third-order valence-corrected chi connectivity index (χ3v) is 8.89. The van der Waals surface area contributed by atoms with E-state index in [0.717, 1.165) is 37.4 Å². The molecule has 0 saturated carbocycles. The van der Waals surface area contributed by atoms with E-state index in [4.69, 9.17) is 16.3 Å². The molecule has 44 heavy (non-hydrogen) atoms. The molecule has 3 aliphatic rings. The molecule has 9 nitrogen and oxygen atoms in total. The van der Waals surface area contributed by atoms with E-state index >= 15 is 0 Å². The standard InChI is InChI=1S/C25H34ClN3O3.C8H8FNO2/c1-17(2)29-16-21(5-8-23(29)30)25(32)27-12-9-19(10-13-27)24(31)28-14-11-20(15-28)18-3-6-22(26)7-4-18;1-10-8(11)12-7-4-2-6(9)3-5-7/h3-4,6-7,17,19-21H,5,8-16H2,1-2H3;2-5H,1H3,(H,10,11)/t20-,21?;/m0./s1. The molecule has 1 N–H and O–H groups in total. The number of hydrogen-bond donors (Lipinski definition) is 1. The summed E-state index contributed by atoms with van der Waals surface area (Å²) in [6, 6.07) is 13.3. The van der Waals surface area contributed by atoms with Gasteiger partial charge in [0.15, 0.2) is 0 Å². The van der Waals surface area contributed by atoms with Gasteiger partial charge in [-0.1, -0.05) is 23.7 Å². The Balaban J connectivity index is 0.000000309. The lowest BCUT2D eigenvalue weighted by molar-refractivity contribution is -0.147. The van der Waals surface area contributed by atoms with Crippen molar-refractivity contribution >= 4 is 35.4 Å².